The van der Waals surface area contributed by atoms with Gasteiger partial charge in [0.2, 0.25) is 0 Å². The van der Waals surface area contributed by atoms with Crippen molar-refractivity contribution in [3.8, 4) is 0 Å². The number of aliphatic hydroxyl groups is 1. The van der Waals surface area contributed by atoms with Gasteiger partial charge in [-0.1, -0.05) is 20.8 Å². The zero-order valence-electron chi connectivity index (χ0n) is 12.6. The molecule has 1 saturated carbocycles. The summed E-state index contributed by atoms with van der Waals surface area (Å²) >= 11 is 1.64. The largest absolute Gasteiger partial charge is 0.389 e. The van der Waals surface area contributed by atoms with Gasteiger partial charge in [-0.2, -0.15) is 0 Å². The number of thiazole rings is 1. The van der Waals surface area contributed by atoms with E-state index >= 15 is 0 Å². The molecule has 2 aromatic rings. The van der Waals surface area contributed by atoms with E-state index in [0.717, 1.165) is 42.3 Å². The van der Waals surface area contributed by atoms with Crippen LogP contribution in [0.4, 0.5) is 0 Å². The number of nitrogens with zero attached hydrogens (tertiary/aromatic N) is 2. The fraction of sp³-hybridized carbons (Fsp3) is 0.688. The van der Waals surface area contributed by atoms with Gasteiger partial charge in [0.25, 0.3) is 0 Å². The van der Waals surface area contributed by atoms with Crippen molar-refractivity contribution in [3.63, 3.8) is 0 Å². The van der Waals surface area contributed by atoms with Gasteiger partial charge in [0.15, 0.2) is 4.96 Å². The Morgan fingerprint density at radius 1 is 1.40 bits per heavy atom. The Hall–Kier alpha value is -0.870. The third-order valence-electron chi connectivity index (χ3n) is 4.79. The molecule has 1 aliphatic carbocycles. The zero-order valence-corrected chi connectivity index (χ0v) is 13.4. The molecule has 1 fully saturated rings. The summed E-state index contributed by atoms with van der Waals surface area (Å²) in [5.74, 6) is 0.730. The summed E-state index contributed by atoms with van der Waals surface area (Å²) in [4.78, 5) is 5.62. The Kier molecular flexibility index (Phi) is 3.41. The molecule has 1 N–H and O–H groups in total. The normalized spacial score (nSPS) is 28.1. The number of rotatable bonds is 2. The van der Waals surface area contributed by atoms with Gasteiger partial charge in [-0.05, 0) is 37.0 Å². The molecule has 0 amide bonds. The smallest absolute Gasteiger partial charge is 0.193 e. The second-order valence-electron chi connectivity index (χ2n) is 7.37. The van der Waals surface area contributed by atoms with Gasteiger partial charge in [-0.3, -0.25) is 4.40 Å². The molecule has 2 heterocycles. The maximum absolute atomic E-state index is 10.8. The quantitative estimate of drug-likeness (QED) is 0.911. The Bertz CT molecular complexity index is 556. The molecule has 110 valence electrons. The van der Waals surface area contributed by atoms with Crippen molar-refractivity contribution >= 4 is 16.3 Å². The van der Waals surface area contributed by atoms with Crippen molar-refractivity contribution in [3.05, 3.63) is 23.5 Å². The van der Waals surface area contributed by atoms with Crippen molar-refractivity contribution in [1.29, 1.82) is 0 Å². The Labute approximate surface area is 124 Å². The highest BCUT2D eigenvalue weighted by Crippen LogP contribution is 2.42. The van der Waals surface area contributed by atoms with E-state index in [-0.39, 0.29) is 0 Å². The number of hydrogen-bond acceptors (Lipinski definition) is 3. The van der Waals surface area contributed by atoms with Gasteiger partial charge in [0.05, 0.1) is 11.3 Å². The minimum atomic E-state index is -0.550. The molecule has 1 aliphatic rings. The Morgan fingerprint density at radius 3 is 2.70 bits per heavy atom. The van der Waals surface area contributed by atoms with Crippen LogP contribution in [0.2, 0.25) is 0 Å². The maximum atomic E-state index is 10.8. The molecule has 0 saturated heterocycles. The molecular formula is C16H24N2OS. The van der Waals surface area contributed by atoms with Gasteiger partial charge < -0.3 is 5.11 Å². The average molecular weight is 292 g/mol. The first-order valence-electron chi connectivity index (χ1n) is 7.49. The van der Waals surface area contributed by atoms with E-state index in [2.05, 4.69) is 32.0 Å². The second-order valence-corrected chi connectivity index (χ2v) is 8.24. The van der Waals surface area contributed by atoms with Crippen LogP contribution in [-0.4, -0.2) is 20.1 Å². The van der Waals surface area contributed by atoms with Crippen LogP contribution < -0.4 is 0 Å². The van der Waals surface area contributed by atoms with E-state index in [0.29, 0.717) is 11.8 Å². The minimum Gasteiger partial charge on any atom is -0.389 e. The Morgan fingerprint density at radius 2 is 2.10 bits per heavy atom. The van der Waals surface area contributed by atoms with Crippen molar-refractivity contribution < 1.29 is 5.11 Å². The van der Waals surface area contributed by atoms with E-state index in [1.807, 2.05) is 16.0 Å². The van der Waals surface area contributed by atoms with Gasteiger partial charge in [-0.15, -0.1) is 11.3 Å². The van der Waals surface area contributed by atoms with Crippen molar-refractivity contribution in [2.45, 2.75) is 58.5 Å². The van der Waals surface area contributed by atoms with Crippen LogP contribution in [0, 0.1) is 11.3 Å². The SMILES string of the molecule is CC(C)(C)C1CCC(O)(Cc2cn3ccsc3n2)CC1. The maximum Gasteiger partial charge on any atom is 0.193 e. The highest BCUT2D eigenvalue weighted by atomic mass is 32.1. The summed E-state index contributed by atoms with van der Waals surface area (Å²) in [6.45, 7) is 6.93. The van der Waals surface area contributed by atoms with E-state index in [1.165, 1.54) is 0 Å². The first-order valence-corrected chi connectivity index (χ1v) is 8.37. The zero-order chi connectivity index (χ0) is 14.4. The molecular weight excluding hydrogens is 268 g/mol. The van der Waals surface area contributed by atoms with E-state index in [1.54, 1.807) is 11.3 Å². The van der Waals surface area contributed by atoms with Gasteiger partial charge in [-0.25, -0.2) is 4.98 Å². The predicted molar refractivity (Wildman–Crippen MR) is 83.1 cm³/mol. The molecule has 0 aliphatic heterocycles. The molecule has 0 radical (unpaired) electrons. The van der Waals surface area contributed by atoms with Crippen LogP contribution in [0.5, 0.6) is 0 Å². The van der Waals surface area contributed by atoms with Crippen LogP contribution in [0.25, 0.3) is 4.96 Å². The van der Waals surface area contributed by atoms with Crippen LogP contribution in [0.3, 0.4) is 0 Å². The predicted octanol–water partition coefficient (Wildman–Crippen LogP) is 3.91. The molecule has 0 atom stereocenters. The van der Waals surface area contributed by atoms with Gasteiger partial charge >= 0.3 is 0 Å². The van der Waals surface area contributed by atoms with Crippen LogP contribution in [-0.2, 0) is 6.42 Å². The van der Waals surface area contributed by atoms with Crippen molar-refractivity contribution in [2.75, 3.05) is 0 Å². The highest BCUT2D eigenvalue weighted by molar-refractivity contribution is 7.15. The number of aromatic nitrogens is 2. The van der Waals surface area contributed by atoms with Crippen molar-refractivity contribution in [2.24, 2.45) is 11.3 Å². The lowest BCUT2D eigenvalue weighted by atomic mass is 9.67. The molecule has 0 spiro atoms. The number of fused-ring (bicyclic) bond motifs is 1. The molecule has 20 heavy (non-hydrogen) atoms. The van der Waals surface area contributed by atoms with E-state index in [4.69, 9.17) is 0 Å². The summed E-state index contributed by atoms with van der Waals surface area (Å²) in [7, 11) is 0. The lowest BCUT2D eigenvalue weighted by molar-refractivity contribution is -0.0251. The van der Waals surface area contributed by atoms with E-state index < -0.39 is 5.60 Å². The molecule has 0 aromatic carbocycles. The van der Waals surface area contributed by atoms with Crippen LogP contribution in [0.15, 0.2) is 17.8 Å². The standard InChI is InChI=1S/C16H24N2OS/c1-15(2,3)12-4-6-16(19,7-5-12)10-13-11-18-8-9-20-14(18)17-13/h8-9,11-12,19H,4-7,10H2,1-3H3. The highest BCUT2D eigenvalue weighted by Gasteiger charge is 2.37. The van der Waals surface area contributed by atoms with Gasteiger partial charge in [0.1, 0.15) is 0 Å². The first kappa shape index (κ1) is 14.1. The molecule has 4 heteroatoms. The molecule has 3 rings (SSSR count). The molecule has 2 aromatic heterocycles. The molecule has 0 unspecified atom stereocenters. The second kappa shape index (κ2) is 4.85. The average Bonchev–Trinajstić information content (AvgIpc) is 2.88. The molecule has 3 nitrogen and oxygen atoms in total. The fourth-order valence-corrected chi connectivity index (χ4v) is 4.12. The molecule has 0 bridgehead atoms. The fourth-order valence-electron chi connectivity index (χ4n) is 3.40. The monoisotopic (exact) mass is 292 g/mol. The Balaban J connectivity index is 1.67. The van der Waals surface area contributed by atoms with E-state index in [9.17, 15) is 5.11 Å². The summed E-state index contributed by atoms with van der Waals surface area (Å²) in [6, 6.07) is 0. The third-order valence-corrected chi connectivity index (χ3v) is 5.57. The third kappa shape index (κ3) is 2.77. The lowest BCUT2D eigenvalue weighted by Crippen LogP contribution is -2.39. The summed E-state index contributed by atoms with van der Waals surface area (Å²) in [6.07, 6.45) is 8.83. The number of hydrogen-bond donors (Lipinski definition) is 1. The summed E-state index contributed by atoms with van der Waals surface area (Å²) in [5, 5.41) is 12.9. The number of imidazole rings is 1. The summed E-state index contributed by atoms with van der Waals surface area (Å²) < 4.78 is 2.05. The first-order chi connectivity index (χ1) is 9.36. The minimum absolute atomic E-state index is 0.359. The topological polar surface area (TPSA) is 37.5 Å². The lowest BCUT2D eigenvalue weighted by Gasteiger charge is -2.41. The van der Waals surface area contributed by atoms with Crippen LogP contribution >= 0.6 is 11.3 Å². The van der Waals surface area contributed by atoms with Gasteiger partial charge in [0, 0.05) is 24.2 Å². The van der Waals surface area contributed by atoms with Crippen molar-refractivity contribution in [1.82, 2.24) is 9.38 Å². The van der Waals surface area contributed by atoms with Crippen LogP contribution in [0.1, 0.15) is 52.1 Å². The summed E-state index contributed by atoms with van der Waals surface area (Å²) in [5.41, 5.74) is 0.831.